The largest absolute Gasteiger partial charge is 0.340 e. The highest BCUT2D eigenvalue weighted by Crippen LogP contribution is 2.29. The van der Waals surface area contributed by atoms with Gasteiger partial charge in [-0.1, -0.05) is 18.2 Å². The number of hydrogen-bond donors (Lipinski definition) is 2. The first-order valence-corrected chi connectivity index (χ1v) is 13.4. The first kappa shape index (κ1) is 24.8. The lowest BCUT2D eigenvalue weighted by Gasteiger charge is -2.34. The molecule has 1 saturated heterocycles. The van der Waals surface area contributed by atoms with E-state index in [1.165, 1.54) is 12.1 Å². The third-order valence-electron chi connectivity index (χ3n) is 6.38. The van der Waals surface area contributed by atoms with Gasteiger partial charge in [0, 0.05) is 80.4 Å². The van der Waals surface area contributed by atoms with E-state index in [0.29, 0.717) is 11.6 Å². The second-order valence-corrected chi connectivity index (χ2v) is 10.6. The second-order valence-electron chi connectivity index (χ2n) is 9.00. The molecule has 2 aromatic heterocycles. The number of benzene rings is 2. The minimum absolute atomic E-state index is 0.0351. The van der Waals surface area contributed by atoms with Crippen LogP contribution in [0.3, 0.4) is 0 Å². The van der Waals surface area contributed by atoms with Gasteiger partial charge in [0.1, 0.15) is 0 Å². The fourth-order valence-corrected chi connectivity index (χ4v) is 4.92. The molecule has 3 heterocycles. The number of sulfonamides is 1. The smallest absolute Gasteiger partial charge is 0.238 e. The SMILES string of the molecule is CC(=O)N1CCN(Cc2cncc(-c3cccc4cnc(Nc5ccc(S(N)(=O)=O)cc5)nc34)c2)CC1. The maximum absolute atomic E-state index is 11.6. The van der Waals surface area contributed by atoms with Crippen LogP contribution in [0.1, 0.15) is 12.5 Å². The molecule has 4 aromatic rings. The summed E-state index contributed by atoms with van der Waals surface area (Å²) in [6, 6.07) is 14.1. The van der Waals surface area contributed by atoms with Crippen molar-refractivity contribution in [2.75, 3.05) is 31.5 Å². The number of anilines is 2. The first-order valence-electron chi connectivity index (χ1n) is 11.8. The number of aromatic nitrogens is 3. The number of nitrogens with two attached hydrogens (primary N) is 1. The van der Waals surface area contributed by atoms with Gasteiger partial charge < -0.3 is 10.2 Å². The van der Waals surface area contributed by atoms with E-state index in [9.17, 15) is 13.2 Å². The van der Waals surface area contributed by atoms with E-state index in [1.807, 2.05) is 35.5 Å². The van der Waals surface area contributed by atoms with Crippen LogP contribution >= 0.6 is 0 Å². The Labute approximate surface area is 215 Å². The topological polar surface area (TPSA) is 134 Å². The van der Waals surface area contributed by atoms with Gasteiger partial charge in [0.2, 0.25) is 21.9 Å². The number of primary sulfonamides is 1. The summed E-state index contributed by atoms with van der Waals surface area (Å²) < 4.78 is 23.0. The Morgan fingerprint density at radius 1 is 1.03 bits per heavy atom. The number of para-hydroxylation sites is 1. The fraction of sp³-hybridized carbons (Fsp3) is 0.231. The van der Waals surface area contributed by atoms with E-state index in [1.54, 1.807) is 25.3 Å². The van der Waals surface area contributed by atoms with Crippen LogP contribution in [0.4, 0.5) is 11.6 Å². The van der Waals surface area contributed by atoms with Crippen molar-refractivity contribution in [3.8, 4) is 11.1 Å². The van der Waals surface area contributed by atoms with E-state index in [4.69, 9.17) is 10.1 Å². The number of pyridine rings is 1. The Bertz CT molecular complexity index is 1550. The van der Waals surface area contributed by atoms with E-state index in [2.05, 4.69) is 26.3 Å². The molecule has 0 atom stereocenters. The van der Waals surface area contributed by atoms with Gasteiger partial charge >= 0.3 is 0 Å². The zero-order chi connectivity index (χ0) is 26.0. The molecule has 1 fully saturated rings. The monoisotopic (exact) mass is 517 g/mol. The molecule has 3 N–H and O–H groups in total. The molecule has 0 radical (unpaired) electrons. The molecule has 190 valence electrons. The third kappa shape index (κ3) is 5.74. The number of fused-ring (bicyclic) bond motifs is 1. The molecule has 0 aliphatic carbocycles. The average Bonchev–Trinajstić information content (AvgIpc) is 2.88. The van der Waals surface area contributed by atoms with E-state index in [0.717, 1.165) is 60.3 Å². The Balaban J connectivity index is 1.38. The summed E-state index contributed by atoms with van der Waals surface area (Å²) in [6.07, 6.45) is 5.45. The number of rotatable bonds is 6. The van der Waals surface area contributed by atoms with Crippen molar-refractivity contribution in [3.63, 3.8) is 0 Å². The molecule has 1 aliphatic heterocycles. The van der Waals surface area contributed by atoms with Gasteiger partial charge in [-0.3, -0.25) is 14.7 Å². The van der Waals surface area contributed by atoms with Crippen LogP contribution in [-0.4, -0.2) is 65.3 Å². The Morgan fingerprint density at radius 2 is 1.78 bits per heavy atom. The zero-order valence-electron chi connectivity index (χ0n) is 20.3. The van der Waals surface area contributed by atoms with Crippen molar-refractivity contribution in [2.24, 2.45) is 5.14 Å². The number of piperazine rings is 1. The number of hydrogen-bond acceptors (Lipinski definition) is 8. The maximum atomic E-state index is 11.6. The molecule has 11 heteroatoms. The summed E-state index contributed by atoms with van der Waals surface area (Å²) in [7, 11) is -3.76. The predicted molar refractivity (Wildman–Crippen MR) is 141 cm³/mol. The summed E-state index contributed by atoms with van der Waals surface area (Å²) in [4.78, 5) is 29.5. The fourth-order valence-electron chi connectivity index (χ4n) is 4.41. The normalized spacial score (nSPS) is 14.6. The van der Waals surface area contributed by atoms with Gasteiger partial charge in [-0.15, -0.1) is 0 Å². The molecule has 0 saturated carbocycles. The lowest BCUT2D eigenvalue weighted by atomic mass is 10.0. The summed E-state index contributed by atoms with van der Waals surface area (Å²) in [5.41, 5.74) is 4.39. The van der Waals surface area contributed by atoms with Gasteiger partial charge in [-0.25, -0.2) is 23.5 Å². The maximum Gasteiger partial charge on any atom is 0.238 e. The van der Waals surface area contributed by atoms with Crippen molar-refractivity contribution >= 4 is 38.5 Å². The Hall–Kier alpha value is -3.93. The average molecular weight is 518 g/mol. The highest BCUT2D eigenvalue weighted by molar-refractivity contribution is 7.89. The van der Waals surface area contributed by atoms with Crippen molar-refractivity contribution in [1.82, 2.24) is 24.8 Å². The van der Waals surface area contributed by atoms with E-state index >= 15 is 0 Å². The molecule has 1 aliphatic rings. The van der Waals surface area contributed by atoms with Crippen LogP contribution < -0.4 is 10.5 Å². The molecule has 0 unspecified atom stereocenters. The number of nitrogens with zero attached hydrogens (tertiary/aromatic N) is 5. The van der Waals surface area contributed by atoms with Crippen LogP contribution in [-0.2, 0) is 21.4 Å². The lowest BCUT2D eigenvalue weighted by Crippen LogP contribution is -2.47. The molecule has 5 rings (SSSR count). The van der Waals surface area contributed by atoms with Gasteiger partial charge in [-0.2, -0.15) is 0 Å². The molecule has 0 bridgehead atoms. The van der Waals surface area contributed by atoms with Gasteiger partial charge in [0.15, 0.2) is 0 Å². The van der Waals surface area contributed by atoms with Crippen molar-refractivity contribution in [1.29, 1.82) is 0 Å². The molecule has 10 nitrogen and oxygen atoms in total. The molecule has 37 heavy (non-hydrogen) atoms. The summed E-state index contributed by atoms with van der Waals surface area (Å²) in [6.45, 7) is 5.51. The Kier molecular flexibility index (Phi) is 6.83. The van der Waals surface area contributed by atoms with E-state index in [-0.39, 0.29) is 10.8 Å². The second kappa shape index (κ2) is 10.2. The molecule has 2 aromatic carbocycles. The summed E-state index contributed by atoms with van der Waals surface area (Å²) in [5.74, 6) is 0.506. The molecular weight excluding hydrogens is 490 g/mol. The molecular formula is C26H27N7O3S. The van der Waals surface area contributed by atoms with Crippen LogP contribution in [0.15, 0.2) is 72.0 Å². The number of carbonyl (C=O) groups excluding carboxylic acids is 1. The highest BCUT2D eigenvalue weighted by Gasteiger charge is 2.19. The van der Waals surface area contributed by atoms with Crippen molar-refractivity contribution in [2.45, 2.75) is 18.4 Å². The van der Waals surface area contributed by atoms with Gasteiger partial charge in [-0.05, 0) is 35.9 Å². The first-order chi connectivity index (χ1) is 17.8. The minimum Gasteiger partial charge on any atom is -0.340 e. The standard InChI is InChI=1S/C26H27N7O3S/c1-18(34)33-11-9-32(10-12-33)17-19-13-21(15-28-14-19)24-4-2-3-20-16-29-26(31-25(20)24)30-22-5-7-23(8-6-22)37(27,35)36/h2-8,13-16H,9-12,17H2,1H3,(H2,27,35,36)(H,29,30,31). The van der Waals surface area contributed by atoms with Gasteiger partial charge in [0.25, 0.3) is 0 Å². The molecule has 1 amide bonds. The van der Waals surface area contributed by atoms with Crippen LogP contribution in [0, 0.1) is 0 Å². The van der Waals surface area contributed by atoms with Crippen molar-refractivity contribution in [3.05, 3.63) is 72.7 Å². The predicted octanol–water partition coefficient (Wildman–Crippen LogP) is 2.75. The third-order valence-corrected chi connectivity index (χ3v) is 7.31. The zero-order valence-corrected chi connectivity index (χ0v) is 21.1. The van der Waals surface area contributed by atoms with Crippen LogP contribution in [0.2, 0.25) is 0 Å². The number of amides is 1. The summed E-state index contributed by atoms with van der Waals surface area (Å²) in [5, 5.41) is 9.19. The van der Waals surface area contributed by atoms with Crippen LogP contribution in [0.5, 0.6) is 0 Å². The Morgan fingerprint density at radius 3 is 2.49 bits per heavy atom. The lowest BCUT2D eigenvalue weighted by molar-refractivity contribution is -0.130. The van der Waals surface area contributed by atoms with Crippen LogP contribution in [0.25, 0.3) is 22.0 Å². The number of carbonyl (C=O) groups is 1. The number of nitrogens with one attached hydrogen (secondary N) is 1. The highest BCUT2D eigenvalue weighted by atomic mass is 32.2. The molecule has 0 spiro atoms. The summed E-state index contributed by atoms with van der Waals surface area (Å²) >= 11 is 0. The van der Waals surface area contributed by atoms with E-state index < -0.39 is 10.0 Å². The minimum atomic E-state index is -3.76. The van der Waals surface area contributed by atoms with Gasteiger partial charge in [0.05, 0.1) is 10.4 Å². The van der Waals surface area contributed by atoms with Crippen molar-refractivity contribution < 1.29 is 13.2 Å². The quantitative estimate of drug-likeness (QED) is 0.399.